The highest BCUT2D eigenvalue weighted by molar-refractivity contribution is 5.94. The Balaban J connectivity index is 2.03. The van der Waals surface area contributed by atoms with Crippen molar-refractivity contribution in [3.8, 4) is 5.75 Å². The second-order valence-corrected chi connectivity index (χ2v) is 5.16. The molecule has 0 fully saturated rings. The van der Waals surface area contributed by atoms with Gasteiger partial charge in [0.25, 0.3) is 5.91 Å². The molecule has 0 heterocycles. The Bertz CT molecular complexity index is 653. The van der Waals surface area contributed by atoms with E-state index in [1.807, 2.05) is 56.3 Å². The zero-order chi connectivity index (χ0) is 15.9. The number of amides is 1. The number of hydrogen-bond donors (Lipinski definition) is 2. The Kier molecular flexibility index (Phi) is 5.55. The van der Waals surface area contributed by atoms with Crippen LogP contribution in [0.25, 0.3) is 0 Å². The molecule has 0 aliphatic heterocycles. The molecule has 116 valence electrons. The van der Waals surface area contributed by atoms with E-state index in [-0.39, 0.29) is 19.1 Å². The molecule has 0 bridgehead atoms. The van der Waals surface area contributed by atoms with Crippen molar-refractivity contribution in [2.75, 3.05) is 13.2 Å². The smallest absolute Gasteiger partial charge is 0.251 e. The highest BCUT2D eigenvalue weighted by Crippen LogP contribution is 2.18. The van der Waals surface area contributed by atoms with Gasteiger partial charge in [-0.1, -0.05) is 24.3 Å². The zero-order valence-corrected chi connectivity index (χ0v) is 12.9. The van der Waals surface area contributed by atoms with Gasteiger partial charge in [0.1, 0.15) is 12.4 Å². The van der Waals surface area contributed by atoms with Crippen LogP contribution in [0.2, 0.25) is 0 Å². The van der Waals surface area contributed by atoms with Gasteiger partial charge >= 0.3 is 0 Å². The molecule has 4 heteroatoms. The maximum Gasteiger partial charge on any atom is 0.251 e. The molecule has 2 N–H and O–H groups in total. The van der Waals surface area contributed by atoms with Gasteiger partial charge < -0.3 is 15.2 Å². The lowest BCUT2D eigenvalue weighted by molar-refractivity contribution is 0.0950. The van der Waals surface area contributed by atoms with Gasteiger partial charge in [-0.15, -0.1) is 0 Å². The monoisotopic (exact) mass is 299 g/mol. The number of ether oxygens (including phenoxy) is 1. The van der Waals surface area contributed by atoms with Gasteiger partial charge in [0.05, 0.1) is 6.61 Å². The molecule has 0 unspecified atom stereocenters. The molecule has 0 saturated heterocycles. The lowest BCUT2D eigenvalue weighted by atomic mass is 10.1. The fourth-order valence-electron chi connectivity index (χ4n) is 2.11. The van der Waals surface area contributed by atoms with E-state index in [1.54, 1.807) is 0 Å². The maximum atomic E-state index is 12.2. The second-order valence-electron chi connectivity index (χ2n) is 5.16. The molecule has 0 saturated carbocycles. The average Bonchev–Trinajstić information content (AvgIpc) is 2.54. The third kappa shape index (κ3) is 4.09. The normalized spacial score (nSPS) is 10.3. The number of hydrogen-bond acceptors (Lipinski definition) is 3. The molecule has 0 aliphatic carbocycles. The van der Waals surface area contributed by atoms with E-state index in [0.29, 0.717) is 17.9 Å². The minimum absolute atomic E-state index is 0.0384. The number of rotatable bonds is 6. The maximum absolute atomic E-state index is 12.2. The van der Waals surface area contributed by atoms with Crippen molar-refractivity contribution in [1.82, 2.24) is 5.32 Å². The van der Waals surface area contributed by atoms with Crippen molar-refractivity contribution in [2.45, 2.75) is 20.4 Å². The summed E-state index contributed by atoms with van der Waals surface area (Å²) < 4.78 is 5.46. The molecule has 0 aromatic heterocycles. The predicted molar refractivity (Wildman–Crippen MR) is 86.1 cm³/mol. The SMILES string of the molecule is Cc1ccc(C(=O)NCc2ccccc2OCCO)cc1C. The van der Waals surface area contributed by atoms with Gasteiger partial charge in [0.15, 0.2) is 0 Å². The summed E-state index contributed by atoms with van der Waals surface area (Å²) in [6.45, 7) is 4.59. The molecular formula is C18H21NO3. The van der Waals surface area contributed by atoms with E-state index in [1.165, 1.54) is 5.56 Å². The van der Waals surface area contributed by atoms with E-state index >= 15 is 0 Å². The largest absolute Gasteiger partial charge is 0.491 e. The molecule has 2 rings (SSSR count). The number of aliphatic hydroxyl groups excluding tert-OH is 1. The van der Waals surface area contributed by atoms with Crippen LogP contribution < -0.4 is 10.1 Å². The predicted octanol–water partition coefficient (Wildman–Crippen LogP) is 2.60. The summed E-state index contributed by atoms with van der Waals surface area (Å²) in [5, 5.41) is 11.7. The van der Waals surface area contributed by atoms with Crippen molar-refractivity contribution in [1.29, 1.82) is 0 Å². The van der Waals surface area contributed by atoms with Crippen LogP contribution in [0.3, 0.4) is 0 Å². The second kappa shape index (κ2) is 7.61. The quantitative estimate of drug-likeness (QED) is 0.862. The average molecular weight is 299 g/mol. The van der Waals surface area contributed by atoms with E-state index < -0.39 is 0 Å². The molecule has 0 atom stereocenters. The van der Waals surface area contributed by atoms with Crippen LogP contribution in [-0.4, -0.2) is 24.2 Å². The fourth-order valence-corrected chi connectivity index (χ4v) is 2.11. The van der Waals surface area contributed by atoms with Gasteiger partial charge in [-0.05, 0) is 43.2 Å². The summed E-state index contributed by atoms with van der Waals surface area (Å²) in [4.78, 5) is 12.2. The number of carbonyl (C=O) groups excluding carboxylic acids is 1. The summed E-state index contributed by atoms with van der Waals surface area (Å²) in [7, 11) is 0. The summed E-state index contributed by atoms with van der Waals surface area (Å²) in [5.41, 5.74) is 3.80. The van der Waals surface area contributed by atoms with Crippen LogP contribution >= 0.6 is 0 Å². The Hall–Kier alpha value is -2.33. The number of para-hydroxylation sites is 1. The standard InChI is InChI=1S/C18H21NO3/c1-13-7-8-15(11-14(13)2)18(21)19-12-16-5-3-4-6-17(16)22-10-9-20/h3-8,11,20H,9-10,12H2,1-2H3,(H,19,21). The zero-order valence-electron chi connectivity index (χ0n) is 12.9. The van der Waals surface area contributed by atoms with Crippen LogP contribution in [0.1, 0.15) is 27.0 Å². The van der Waals surface area contributed by atoms with E-state index in [4.69, 9.17) is 9.84 Å². The summed E-state index contributed by atoms with van der Waals surface area (Å²) in [6.07, 6.45) is 0. The van der Waals surface area contributed by atoms with Crippen LogP contribution in [0, 0.1) is 13.8 Å². The van der Waals surface area contributed by atoms with Crippen LogP contribution in [0.5, 0.6) is 5.75 Å². The van der Waals surface area contributed by atoms with Gasteiger partial charge in [0.2, 0.25) is 0 Å². The van der Waals surface area contributed by atoms with Gasteiger partial charge in [-0.2, -0.15) is 0 Å². The lowest BCUT2D eigenvalue weighted by Gasteiger charge is -2.12. The number of benzene rings is 2. The number of carbonyl (C=O) groups is 1. The van der Waals surface area contributed by atoms with Crippen LogP contribution in [-0.2, 0) is 6.54 Å². The first-order chi connectivity index (χ1) is 10.6. The summed E-state index contributed by atoms with van der Waals surface area (Å²) in [6, 6.07) is 13.1. The van der Waals surface area contributed by atoms with Gasteiger partial charge in [0, 0.05) is 17.7 Å². The Morgan fingerprint density at radius 1 is 1.14 bits per heavy atom. The summed E-state index contributed by atoms with van der Waals surface area (Å²) in [5.74, 6) is 0.567. The first-order valence-corrected chi connectivity index (χ1v) is 7.29. The van der Waals surface area contributed by atoms with E-state index in [2.05, 4.69) is 5.32 Å². The van der Waals surface area contributed by atoms with Gasteiger partial charge in [-0.25, -0.2) is 0 Å². The highest BCUT2D eigenvalue weighted by atomic mass is 16.5. The minimum atomic E-state index is -0.111. The third-order valence-corrected chi connectivity index (χ3v) is 3.53. The fraction of sp³-hybridized carbons (Fsp3) is 0.278. The Labute approximate surface area is 130 Å². The number of aryl methyl sites for hydroxylation is 2. The van der Waals surface area contributed by atoms with Crippen LogP contribution in [0.15, 0.2) is 42.5 Å². The molecule has 0 aliphatic rings. The topological polar surface area (TPSA) is 58.6 Å². The molecular weight excluding hydrogens is 278 g/mol. The number of aliphatic hydroxyl groups is 1. The molecule has 0 radical (unpaired) electrons. The molecule has 2 aromatic rings. The molecule has 2 aromatic carbocycles. The van der Waals surface area contributed by atoms with Crippen molar-refractivity contribution >= 4 is 5.91 Å². The molecule has 4 nitrogen and oxygen atoms in total. The molecule has 0 spiro atoms. The first kappa shape index (κ1) is 16.0. The van der Waals surface area contributed by atoms with Crippen molar-refractivity contribution < 1.29 is 14.6 Å². The van der Waals surface area contributed by atoms with Crippen molar-refractivity contribution in [3.05, 3.63) is 64.7 Å². The molecule has 1 amide bonds. The minimum Gasteiger partial charge on any atom is -0.491 e. The van der Waals surface area contributed by atoms with E-state index in [9.17, 15) is 4.79 Å². The Morgan fingerprint density at radius 2 is 1.91 bits per heavy atom. The van der Waals surface area contributed by atoms with Gasteiger partial charge in [-0.3, -0.25) is 4.79 Å². The number of nitrogens with one attached hydrogen (secondary N) is 1. The summed E-state index contributed by atoms with van der Waals surface area (Å²) >= 11 is 0. The van der Waals surface area contributed by atoms with Crippen LogP contribution in [0.4, 0.5) is 0 Å². The van der Waals surface area contributed by atoms with Crippen molar-refractivity contribution in [3.63, 3.8) is 0 Å². The molecule has 22 heavy (non-hydrogen) atoms. The van der Waals surface area contributed by atoms with E-state index in [0.717, 1.165) is 11.1 Å². The highest BCUT2D eigenvalue weighted by Gasteiger charge is 2.08. The lowest BCUT2D eigenvalue weighted by Crippen LogP contribution is -2.23. The Morgan fingerprint density at radius 3 is 2.64 bits per heavy atom. The third-order valence-electron chi connectivity index (χ3n) is 3.53. The van der Waals surface area contributed by atoms with Crippen molar-refractivity contribution in [2.24, 2.45) is 0 Å². The first-order valence-electron chi connectivity index (χ1n) is 7.29.